The van der Waals surface area contributed by atoms with Crippen molar-refractivity contribution in [1.82, 2.24) is 15.5 Å². The molecule has 0 radical (unpaired) electrons. The van der Waals surface area contributed by atoms with E-state index in [0.29, 0.717) is 13.2 Å². The summed E-state index contributed by atoms with van der Waals surface area (Å²) in [7, 11) is -10.3. The van der Waals surface area contributed by atoms with E-state index in [9.17, 15) is 54.0 Å². The van der Waals surface area contributed by atoms with E-state index >= 15 is 0 Å². The third-order valence-electron chi connectivity index (χ3n) is 6.89. The number of hydrogen-bond donors (Lipinski definition) is 7. The van der Waals surface area contributed by atoms with Crippen molar-refractivity contribution in [2.24, 2.45) is 0 Å². The summed E-state index contributed by atoms with van der Waals surface area (Å²) in [6.45, 7) is 2.47. The summed E-state index contributed by atoms with van der Waals surface area (Å²) in [5.74, 6) is -1.38. The van der Waals surface area contributed by atoms with E-state index < -0.39 is 95.9 Å². The first-order valence-electron chi connectivity index (χ1n) is 14.3. The maximum atomic E-state index is 12.6. The summed E-state index contributed by atoms with van der Waals surface area (Å²) >= 11 is 0. The molecule has 11 atom stereocenters. The molecule has 0 aromatic rings. The minimum absolute atomic E-state index is 0.0315. The number of ether oxygens (including phenoxy) is 5. The second-order valence-corrected chi connectivity index (χ2v) is 13.3. The van der Waals surface area contributed by atoms with Gasteiger partial charge in [0.2, 0.25) is 5.91 Å². The van der Waals surface area contributed by atoms with Gasteiger partial charge in [0.1, 0.15) is 48.5 Å². The lowest BCUT2D eigenvalue weighted by Gasteiger charge is -2.44. The molecule has 3 rings (SSSR count). The largest absolute Gasteiger partial charge is 0.756 e. The van der Waals surface area contributed by atoms with Crippen molar-refractivity contribution in [3.63, 3.8) is 0 Å². The number of hydrogen-bond acceptors (Lipinski definition) is 20. The molecule has 3 heterocycles. The molecule has 7 N–H and O–H groups in total. The first kappa shape index (κ1) is 40.5. The highest BCUT2D eigenvalue weighted by Gasteiger charge is 2.48. The smallest absolute Gasteiger partial charge is 0.276 e. The van der Waals surface area contributed by atoms with Gasteiger partial charge < -0.3 is 79.1 Å². The van der Waals surface area contributed by atoms with Gasteiger partial charge in [0.25, 0.3) is 21.6 Å². The predicted molar refractivity (Wildman–Crippen MR) is 150 cm³/mol. The van der Waals surface area contributed by atoms with Crippen molar-refractivity contribution >= 4 is 27.5 Å². The van der Waals surface area contributed by atoms with Crippen LogP contribution in [0.3, 0.4) is 0 Å². The van der Waals surface area contributed by atoms with Gasteiger partial charge in [-0.05, 0) is 0 Å². The quantitative estimate of drug-likeness (QED) is 0.0482. The SMILES string of the molecule is C=C1NC(=O)C=CN1C1OC(COP(=O)([O-])OP(=O)([O-])O[C@H]2OC(CO)[C@H](O)C(O)[C@@H]2NC(=O)CCOCCOCCOC)C(O)C1O. The van der Waals surface area contributed by atoms with Crippen molar-refractivity contribution in [2.45, 2.75) is 61.6 Å². The molecule has 2 fully saturated rings. The molecule has 0 aliphatic carbocycles. The Morgan fingerprint density at radius 3 is 2.29 bits per heavy atom. The van der Waals surface area contributed by atoms with Crippen LogP contribution in [0.1, 0.15) is 6.42 Å². The fourth-order valence-electron chi connectivity index (χ4n) is 4.49. The highest BCUT2D eigenvalue weighted by atomic mass is 31.3. The van der Waals surface area contributed by atoms with E-state index in [4.69, 9.17) is 23.7 Å². The first-order valence-corrected chi connectivity index (χ1v) is 17.2. The van der Waals surface area contributed by atoms with Crippen molar-refractivity contribution < 1.29 is 91.1 Å². The third kappa shape index (κ3) is 11.6. The topological polar surface area (TPSA) is 317 Å². The van der Waals surface area contributed by atoms with Gasteiger partial charge in [-0.1, -0.05) is 6.58 Å². The zero-order chi connectivity index (χ0) is 35.6. The van der Waals surface area contributed by atoms with Crippen molar-refractivity contribution in [3.8, 4) is 0 Å². The molecule has 0 bridgehead atoms. The molecule has 3 aliphatic heterocycles. The fourth-order valence-corrected chi connectivity index (χ4v) is 6.58. The van der Waals surface area contributed by atoms with Gasteiger partial charge >= 0.3 is 0 Å². The van der Waals surface area contributed by atoms with Crippen LogP contribution in [0.4, 0.5) is 0 Å². The number of aliphatic hydroxyl groups is 5. The molecule has 2 saturated heterocycles. The van der Waals surface area contributed by atoms with Gasteiger partial charge in [0, 0.05) is 25.8 Å². The molecule has 24 heteroatoms. The van der Waals surface area contributed by atoms with Crippen LogP contribution in [-0.2, 0) is 55.8 Å². The number of methoxy groups -OCH3 is 1. The zero-order valence-corrected chi connectivity index (χ0v) is 27.3. The number of amides is 2. The summed E-state index contributed by atoms with van der Waals surface area (Å²) < 4.78 is 64.2. The normalized spacial score (nSPS) is 33.2. The highest BCUT2D eigenvalue weighted by molar-refractivity contribution is 7.59. The van der Waals surface area contributed by atoms with E-state index in [1.807, 2.05) is 0 Å². The lowest BCUT2D eigenvalue weighted by atomic mass is 9.97. The molecule has 276 valence electrons. The lowest BCUT2D eigenvalue weighted by molar-refractivity contribution is -0.285. The molecule has 8 unspecified atom stereocenters. The Hall–Kier alpha value is -1.92. The van der Waals surface area contributed by atoms with Crippen LogP contribution in [0.25, 0.3) is 0 Å². The molecule has 3 aliphatic rings. The number of phosphoric ester groups is 2. The minimum Gasteiger partial charge on any atom is -0.756 e. The maximum absolute atomic E-state index is 12.6. The van der Waals surface area contributed by atoms with E-state index in [1.54, 1.807) is 0 Å². The maximum Gasteiger partial charge on any atom is 0.276 e. The Labute approximate surface area is 273 Å². The second kappa shape index (κ2) is 18.4. The summed E-state index contributed by atoms with van der Waals surface area (Å²) in [4.78, 5) is 50.1. The number of phosphoric acid groups is 2. The summed E-state index contributed by atoms with van der Waals surface area (Å²) in [5.41, 5.74) is 0. The number of carbonyl (C=O) groups excluding carboxylic acids is 2. The summed E-state index contributed by atoms with van der Waals surface area (Å²) in [6.07, 6.45) is -12.1. The Kier molecular flexibility index (Phi) is 15.5. The molecule has 48 heavy (non-hydrogen) atoms. The first-order chi connectivity index (χ1) is 22.6. The third-order valence-corrected chi connectivity index (χ3v) is 9.42. The molecule has 0 spiro atoms. The number of aliphatic hydroxyl groups excluding tert-OH is 5. The number of rotatable bonds is 19. The minimum atomic E-state index is -6.00. The Morgan fingerprint density at radius 1 is 1.00 bits per heavy atom. The lowest BCUT2D eigenvalue weighted by Crippen LogP contribution is -2.64. The Balaban J connectivity index is 1.56. The van der Waals surface area contributed by atoms with Crippen LogP contribution in [0.15, 0.2) is 24.7 Å². The van der Waals surface area contributed by atoms with Crippen LogP contribution in [-0.4, -0.2) is 151 Å². The molecule has 0 aromatic heterocycles. The predicted octanol–water partition coefficient (Wildman–Crippen LogP) is -5.17. The van der Waals surface area contributed by atoms with E-state index in [-0.39, 0.29) is 32.1 Å². The van der Waals surface area contributed by atoms with Crippen molar-refractivity contribution in [2.75, 3.05) is 53.4 Å². The van der Waals surface area contributed by atoms with E-state index in [1.165, 1.54) is 13.3 Å². The van der Waals surface area contributed by atoms with Gasteiger partial charge in [0.15, 0.2) is 12.5 Å². The van der Waals surface area contributed by atoms with Crippen LogP contribution in [0, 0.1) is 0 Å². The van der Waals surface area contributed by atoms with Crippen LogP contribution < -0.4 is 20.4 Å². The monoisotopic (exact) mass is 735 g/mol. The second-order valence-electron chi connectivity index (χ2n) is 10.4. The average molecular weight is 736 g/mol. The molecule has 0 aromatic carbocycles. The Bertz CT molecular complexity index is 1230. The van der Waals surface area contributed by atoms with Crippen molar-refractivity contribution in [1.29, 1.82) is 0 Å². The summed E-state index contributed by atoms with van der Waals surface area (Å²) in [5, 5.41) is 55.5. The van der Waals surface area contributed by atoms with Crippen LogP contribution in [0.5, 0.6) is 0 Å². The average Bonchev–Trinajstić information content (AvgIpc) is 3.29. The Morgan fingerprint density at radius 2 is 1.65 bits per heavy atom. The standard InChI is InChI=1S/C24H41N3O19P2/c1-13-25-16(29)3-5-27(13)23-22(34)20(32)15(43-23)12-42-47(35,36)46-48(37,38)45-24-18(21(33)19(31)14(11-28)44-24)26-17(30)4-6-40-9-10-41-8-7-39-2/h3,5,14-15,18-24,28,31-34H,1,4,6-12H2,2H3,(H,25,29)(H,26,30)(H,35,36)(H,37,38)/p-2/t14?,15?,18-,19-,20?,21?,22?,23?,24+/m0/s1. The molecule has 0 saturated carbocycles. The fraction of sp³-hybridized carbons (Fsp3) is 0.750. The van der Waals surface area contributed by atoms with Gasteiger partial charge in [-0.15, -0.1) is 0 Å². The number of nitrogens with zero attached hydrogens (tertiary/aromatic N) is 1. The van der Waals surface area contributed by atoms with Gasteiger partial charge in [0.05, 0.1) is 46.2 Å². The number of carbonyl (C=O) groups is 2. The van der Waals surface area contributed by atoms with Gasteiger partial charge in [-0.25, -0.2) is 4.31 Å². The number of nitrogens with one attached hydrogen (secondary N) is 2. The molecule has 2 amide bonds. The molecular formula is C24H39N3O19P2-2. The van der Waals surface area contributed by atoms with E-state index in [2.05, 4.69) is 30.6 Å². The van der Waals surface area contributed by atoms with Crippen molar-refractivity contribution in [3.05, 3.63) is 24.7 Å². The summed E-state index contributed by atoms with van der Waals surface area (Å²) in [6, 6.07) is -1.82. The zero-order valence-electron chi connectivity index (χ0n) is 25.5. The van der Waals surface area contributed by atoms with Crippen LogP contribution in [0.2, 0.25) is 0 Å². The van der Waals surface area contributed by atoms with Gasteiger partial charge in [-0.3, -0.25) is 23.2 Å². The van der Waals surface area contributed by atoms with Crippen LogP contribution >= 0.6 is 15.6 Å². The van der Waals surface area contributed by atoms with E-state index in [0.717, 1.165) is 11.0 Å². The molecule has 22 nitrogen and oxygen atoms in total. The highest BCUT2D eigenvalue weighted by Crippen LogP contribution is 2.57. The molecular weight excluding hydrogens is 696 g/mol. The van der Waals surface area contributed by atoms with Gasteiger partial charge in [-0.2, -0.15) is 0 Å².